The predicted octanol–water partition coefficient (Wildman–Crippen LogP) is 4.62. The van der Waals surface area contributed by atoms with Gasteiger partial charge in [-0.05, 0) is 43.2 Å². The average molecular weight is 379 g/mol. The van der Waals surface area contributed by atoms with Crippen molar-refractivity contribution in [3.05, 3.63) is 59.1 Å². The minimum atomic E-state index is -0.0619. The van der Waals surface area contributed by atoms with Gasteiger partial charge in [-0.25, -0.2) is 4.98 Å². The first-order chi connectivity index (χ1) is 13.2. The third kappa shape index (κ3) is 3.57. The maximum atomic E-state index is 13.1. The number of hydrogen-bond donors (Lipinski definition) is 1. The predicted molar refractivity (Wildman–Crippen MR) is 108 cm³/mol. The van der Waals surface area contributed by atoms with E-state index in [1.807, 2.05) is 23.1 Å². The molecule has 4 rings (SSSR count). The first kappa shape index (κ1) is 17.7. The summed E-state index contributed by atoms with van der Waals surface area (Å²) in [7, 11) is 0. The van der Waals surface area contributed by atoms with Gasteiger partial charge in [0.25, 0.3) is 5.91 Å². The van der Waals surface area contributed by atoms with Crippen molar-refractivity contribution >= 4 is 39.1 Å². The molecule has 1 aromatic heterocycles. The van der Waals surface area contributed by atoms with Crippen LogP contribution in [0.2, 0.25) is 0 Å². The van der Waals surface area contributed by atoms with Crippen LogP contribution in [0.3, 0.4) is 0 Å². The zero-order chi connectivity index (χ0) is 18.8. The summed E-state index contributed by atoms with van der Waals surface area (Å²) in [4.78, 5) is 31.4. The van der Waals surface area contributed by atoms with Crippen LogP contribution in [0.5, 0.6) is 0 Å². The Kier molecular flexibility index (Phi) is 4.90. The maximum Gasteiger partial charge on any atom is 0.254 e. The van der Waals surface area contributed by atoms with E-state index in [1.54, 1.807) is 42.5 Å². The molecule has 5 nitrogen and oxygen atoms in total. The van der Waals surface area contributed by atoms with Gasteiger partial charge in [0.2, 0.25) is 5.91 Å². The van der Waals surface area contributed by atoms with Gasteiger partial charge >= 0.3 is 0 Å². The number of thiazole rings is 1. The number of fused-ring (bicyclic) bond motifs is 1. The second-order valence-electron chi connectivity index (χ2n) is 6.66. The van der Waals surface area contributed by atoms with Crippen molar-refractivity contribution < 1.29 is 9.59 Å². The molecule has 138 valence electrons. The van der Waals surface area contributed by atoms with Crippen molar-refractivity contribution in [3.8, 4) is 0 Å². The molecule has 2 aromatic carbocycles. The number of anilines is 1. The fourth-order valence-electron chi connectivity index (χ4n) is 3.44. The summed E-state index contributed by atoms with van der Waals surface area (Å²) in [5.74, 6) is -0.0718. The second kappa shape index (κ2) is 7.48. The summed E-state index contributed by atoms with van der Waals surface area (Å²) in [5, 5.41) is 3.82. The van der Waals surface area contributed by atoms with Crippen molar-refractivity contribution in [2.75, 3.05) is 11.9 Å². The van der Waals surface area contributed by atoms with Crippen LogP contribution in [-0.4, -0.2) is 28.2 Å². The SMILES string of the molecule is CCC(=O)Nc1cccc(C(=O)N2CCCC2c2nc3ccccc3s2)c1. The smallest absolute Gasteiger partial charge is 0.254 e. The Morgan fingerprint density at radius 3 is 2.89 bits per heavy atom. The van der Waals surface area contributed by atoms with Gasteiger partial charge in [0, 0.05) is 24.2 Å². The van der Waals surface area contributed by atoms with Crippen LogP contribution in [0.25, 0.3) is 10.2 Å². The van der Waals surface area contributed by atoms with Crippen molar-refractivity contribution in [1.82, 2.24) is 9.88 Å². The fraction of sp³-hybridized carbons (Fsp3) is 0.286. The molecule has 27 heavy (non-hydrogen) atoms. The molecule has 1 aliphatic rings. The van der Waals surface area contributed by atoms with Crippen molar-refractivity contribution in [1.29, 1.82) is 0 Å². The molecule has 0 bridgehead atoms. The first-order valence-electron chi connectivity index (χ1n) is 9.22. The Morgan fingerprint density at radius 1 is 1.22 bits per heavy atom. The number of hydrogen-bond acceptors (Lipinski definition) is 4. The topological polar surface area (TPSA) is 62.3 Å². The number of amides is 2. The summed E-state index contributed by atoms with van der Waals surface area (Å²) in [6.45, 7) is 2.53. The lowest BCUT2D eigenvalue weighted by atomic mass is 10.1. The van der Waals surface area contributed by atoms with Crippen molar-refractivity contribution in [3.63, 3.8) is 0 Å². The van der Waals surface area contributed by atoms with E-state index in [0.717, 1.165) is 34.6 Å². The normalized spacial score (nSPS) is 16.6. The maximum absolute atomic E-state index is 13.1. The monoisotopic (exact) mass is 379 g/mol. The Labute approximate surface area is 162 Å². The van der Waals surface area contributed by atoms with E-state index in [9.17, 15) is 9.59 Å². The van der Waals surface area contributed by atoms with Crippen LogP contribution < -0.4 is 5.32 Å². The lowest BCUT2D eigenvalue weighted by molar-refractivity contribution is -0.115. The van der Waals surface area contributed by atoms with E-state index < -0.39 is 0 Å². The third-order valence-electron chi connectivity index (χ3n) is 4.82. The molecule has 0 saturated carbocycles. The molecular weight excluding hydrogens is 358 g/mol. The molecule has 2 heterocycles. The van der Waals surface area contributed by atoms with E-state index in [2.05, 4.69) is 11.4 Å². The number of para-hydroxylation sites is 1. The fourth-order valence-corrected chi connectivity index (χ4v) is 4.56. The molecule has 0 aliphatic carbocycles. The summed E-state index contributed by atoms with van der Waals surface area (Å²) < 4.78 is 1.15. The van der Waals surface area contributed by atoms with Gasteiger partial charge in [-0.2, -0.15) is 0 Å². The molecule has 1 saturated heterocycles. The minimum absolute atomic E-state index is 0.00986. The first-order valence-corrected chi connectivity index (χ1v) is 10.0. The highest BCUT2D eigenvalue weighted by atomic mass is 32.1. The molecule has 1 fully saturated rings. The van der Waals surface area contributed by atoms with E-state index in [-0.39, 0.29) is 17.9 Å². The van der Waals surface area contributed by atoms with Gasteiger partial charge in [-0.1, -0.05) is 25.1 Å². The van der Waals surface area contributed by atoms with Crippen LogP contribution in [-0.2, 0) is 4.79 Å². The molecule has 3 aromatic rings. The summed E-state index contributed by atoms with van der Waals surface area (Å²) in [6.07, 6.45) is 2.31. The van der Waals surface area contributed by atoms with Gasteiger partial charge in [0.1, 0.15) is 5.01 Å². The Balaban J connectivity index is 1.59. The van der Waals surface area contributed by atoms with E-state index in [1.165, 1.54) is 0 Å². The molecule has 6 heteroatoms. The third-order valence-corrected chi connectivity index (χ3v) is 5.96. The number of nitrogens with zero attached hydrogens (tertiary/aromatic N) is 2. The lowest BCUT2D eigenvalue weighted by Crippen LogP contribution is -2.30. The largest absolute Gasteiger partial charge is 0.329 e. The molecule has 2 amide bonds. The number of likely N-dealkylation sites (tertiary alicyclic amines) is 1. The number of carbonyl (C=O) groups is 2. The van der Waals surface area contributed by atoms with Gasteiger partial charge in [0.05, 0.1) is 16.3 Å². The number of benzene rings is 2. The minimum Gasteiger partial charge on any atom is -0.329 e. The molecule has 1 N–H and O–H groups in total. The Morgan fingerprint density at radius 2 is 2.07 bits per heavy atom. The summed E-state index contributed by atoms with van der Waals surface area (Å²) >= 11 is 1.66. The zero-order valence-corrected chi connectivity index (χ0v) is 16.0. The lowest BCUT2D eigenvalue weighted by Gasteiger charge is -2.23. The van der Waals surface area contributed by atoms with Gasteiger partial charge < -0.3 is 10.2 Å². The van der Waals surface area contributed by atoms with E-state index in [0.29, 0.717) is 17.7 Å². The number of rotatable bonds is 4. The second-order valence-corrected chi connectivity index (χ2v) is 7.72. The molecule has 0 spiro atoms. The molecule has 1 atom stereocenters. The number of aromatic nitrogens is 1. The number of carbonyl (C=O) groups excluding carboxylic acids is 2. The number of nitrogens with one attached hydrogen (secondary N) is 1. The highest BCUT2D eigenvalue weighted by Gasteiger charge is 2.32. The highest BCUT2D eigenvalue weighted by molar-refractivity contribution is 7.18. The van der Waals surface area contributed by atoms with Crippen LogP contribution in [0.1, 0.15) is 47.6 Å². The Hall–Kier alpha value is -2.73. The molecule has 0 radical (unpaired) electrons. The highest BCUT2D eigenvalue weighted by Crippen LogP contribution is 2.37. The molecule has 1 unspecified atom stereocenters. The van der Waals surface area contributed by atoms with Crippen LogP contribution in [0.15, 0.2) is 48.5 Å². The van der Waals surface area contributed by atoms with Crippen LogP contribution in [0, 0.1) is 0 Å². The van der Waals surface area contributed by atoms with Gasteiger partial charge in [-0.3, -0.25) is 9.59 Å². The van der Waals surface area contributed by atoms with Crippen molar-refractivity contribution in [2.45, 2.75) is 32.2 Å². The van der Waals surface area contributed by atoms with Crippen molar-refractivity contribution in [2.24, 2.45) is 0 Å². The zero-order valence-electron chi connectivity index (χ0n) is 15.1. The van der Waals surface area contributed by atoms with Crippen LogP contribution >= 0.6 is 11.3 Å². The quantitative estimate of drug-likeness (QED) is 0.719. The summed E-state index contributed by atoms with van der Waals surface area (Å²) in [5.41, 5.74) is 2.24. The molecular formula is C21H21N3O2S. The van der Waals surface area contributed by atoms with Gasteiger partial charge in [0.15, 0.2) is 0 Å². The summed E-state index contributed by atoms with van der Waals surface area (Å²) in [6, 6.07) is 15.3. The molecule has 1 aliphatic heterocycles. The standard InChI is InChI=1S/C21H21N3O2S/c1-2-19(25)22-15-8-5-7-14(13-15)21(26)24-12-6-10-17(24)20-23-16-9-3-4-11-18(16)27-20/h3-5,7-9,11,13,17H,2,6,10,12H2,1H3,(H,22,25). The van der Waals surface area contributed by atoms with Gasteiger partial charge in [-0.15, -0.1) is 11.3 Å². The Bertz CT molecular complexity index is 965. The average Bonchev–Trinajstić information content (AvgIpc) is 3.34. The van der Waals surface area contributed by atoms with E-state index >= 15 is 0 Å². The van der Waals surface area contributed by atoms with E-state index in [4.69, 9.17) is 4.98 Å². The van der Waals surface area contributed by atoms with Crippen LogP contribution in [0.4, 0.5) is 5.69 Å².